The van der Waals surface area contributed by atoms with Gasteiger partial charge in [0.15, 0.2) is 31.2 Å². The van der Waals surface area contributed by atoms with Crippen molar-refractivity contribution in [3.63, 3.8) is 0 Å². The number of carbonyl (C=O) groups is 4. The van der Waals surface area contributed by atoms with Gasteiger partial charge in [0.2, 0.25) is 5.78 Å². The molecule has 1 heterocycles. The van der Waals surface area contributed by atoms with Gasteiger partial charge in [-0.25, -0.2) is 4.79 Å². The van der Waals surface area contributed by atoms with E-state index in [0.29, 0.717) is 17.7 Å². The van der Waals surface area contributed by atoms with Crippen LogP contribution in [0.5, 0.6) is 11.6 Å². The van der Waals surface area contributed by atoms with Crippen LogP contribution in [0.1, 0.15) is 104 Å². The topological polar surface area (TPSA) is 134 Å². The van der Waals surface area contributed by atoms with Crippen molar-refractivity contribution >= 4 is 31.8 Å². The first-order chi connectivity index (χ1) is 24.2. The summed E-state index contributed by atoms with van der Waals surface area (Å²) in [6.45, 7) is 17.4. The van der Waals surface area contributed by atoms with Crippen LogP contribution in [0.25, 0.3) is 0 Å². The molecular weight excluding hydrogens is 681 g/mol. The summed E-state index contributed by atoms with van der Waals surface area (Å²) in [7, 11) is 0.823. The number of nitrogens with zero attached hydrogens (tertiary/aromatic N) is 2. The van der Waals surface area contributed by atoms with Crippen molar-refractivity contribution in [2.75, 3.05) is 14.1 Å². The molecule has 1 unspecified atom stereocenters. The third-order valence-corrected chi connectivity index (χ3v) is 15.8. The second-order valence-corrected chi connectivity index (χ2v) is 21.8. The Morgan fingerprint density at radius 1 is 0.981 bits per heavy atom. The molecule has 3 aromatic rings. The molecule has 52 heavy (non-hydrogen) atoms. The van der Waals surface area contributed by atoms with E-state index in [4.69, 9.17) is 23.2 Å². The first-order valence-corrected chi connectivity index (χ1v) is 20.8. The lowest BCUT2D eigenvalue weighted by Gasteiger charge is -2.57. The summed E-state index contributed by atoms with van der Waals surface area (Å²) >= 11 is 0. The Kier molecular flexibility index (Phi) is 9.45. The van der Waals surface area contributed by atoms with E-state index >= 15 is 9.59 Å². The van der Waals surface area contributed by atoms with Crippen molar-refractivity contribution in [1.29, 1.82) is 0 Å². The minimum absolute atomic E-state index is 0.00963. The highest BCUT2D eigenvalue weighted by Crippen LogP contribution is 2.60. The lowest BCUT2D eigenvalue weighted by molar-refractivity contribution is -0.152. The number of hydrogen-bond acceptors (Lipinski definition) is 11. The minimum atomic E-state index is -2.92. The third-order valence-electron chi connectivity index (χ3n) is 11.3. The van der Waals surface area contributed by atoms with Crippen LogP contribution in [0.15, 0.2) is 53.1 Å². The van der Waals surface area contributed by atoms with E-state index in [2.05, 4.69) is 5.16 Å². The van der Waals surface area contributed by atoms with Crippen molar-refractivity contribution < 1.29 is 42.3 Å². The van der Waals surface area contributed by atoms with Gasteiger partial charge in [-0.1, -0.05) is 70.2 Å². The highest BCUT2D eigenvalue weighted by Gasteiger charge is 2.71. The molecule has 0 N–H and O–H groups in total. The molecule has 3 aliphatic rings. The van der Waals surface area contributed by atoms with E-state index in [1.54, 1.807) is 26.8 Å². The predicted octanol–water partition coefficient (Wildman–Crippen LogP) is 7.95. The Morgan fingerprint density at radius 2 is 1.65 bits per heavy atom. The van der Waals surface area contributed by atoms with E-state index in [1.807, 2.05) is 96.2 Å². The van der Waals surface area contributed by atoms with Gasteiger partial charge in [-0.2, -0.15) is 0 Å². The maximum atomic E-state index is 15.6. The molecule has 11 nitrogen and oxygen atoms in total. The third kappa shape index (κ3) is 6.22. The van der Waals surface area contributed by atoms with E-state index in [0.717, 1.165) is 5.56 Å². The van der Waals surface area contributed by atoms with E-state index < -0.39 is 71.9 Å². The van der Waals surface area contributed by atoms with Crippen LogP contribution < -0.4 is 9.47 Å². The van der Waals surface area contributed by atoms with Crippen LogP contribution in [0.2, 0.25) is 18.1 Å². The molecule has 2 aromatic carbocycles. The van der Waals surface area contributed by atoms with Crippen LogP contribution in [0.4, 0.5) is 4.79 Å². The fourth-order valence-corrected chi connectivity index (χ4v) is 9.33. The summed E-state index contributed by atoms with van der Waals surface area (Å²) in [5.74, 6) is -4.14. The van der Waals surface area contributed by atoms with Gasteiger partial charge in [0.25, 0.3) is 5.88 Å². The van der Waals surface area contributed by atoms with Crippen molar-refractivity contribution in [2.24, 2.45) is 17.8 Å². The number of aromatic nitrogens is 1. The lowest BCUT2D eigenvalue weighted by atomic mass is 9.52. The Balaban J connectivity index is 1.51. The molecule has 0 spiro atoms. The Bertz CT molecular complexity index is 1910. The predicted molar refractivity (Wildman–Crippen MR) is 195 cm³/mol. The van der Waals surface area contributed by atoms with E-state index in [1.165, 1.54) is 6.07 Å². The zero-order valence-electron chi connectivity index (χ0n) is 32.0. The van der Waals surface area contributed by atoms with Crippen molar-refractivity contribution in [3.05, 3.63) is 76.5 Å². The summed E-state index contributed by atoms with van der Waals surface area (Å²) in [5, 5.41) is 3.85. The van der Waals surface area contributed by atoms with Crippen molar-refractivity contribution in [3.8, 4) is 11.6 Å². The van der Waals surface area contributed by atoms with Crippen LogP contribution in [-0.2, 0) is 20.6 Å². The number of Topliss-reactive ketones (excluding diaryl/α,β-unsaturated/α-hetero) is 3. The second-order valence-electron chi connectivity index (χ2n) is 17.1. The van der Waals surface area contributed by atoms with Crippen molar-refractivity contribution in [2.45, 2.75) is 103 Å². The van der Waals surface area contributed by atoms with Crippen molar-refractivity contribution in [1.82, 2.24) is 10.1 Å². The lowest BCUT2D eigenvalue weighted by Crippen LogP contribution is -2.70. The second kappa shape index (κ2) is 13.1. The smallest absolute Gasteiger partial charge is 0.470 e. The van der Waals surface area contributed by atoms with E-state index in [-0.39, 0.29) is 35.3 Å². The number of ether oxygens (including phenoxy) is 3. The molecule has 3 aliphatic carbocycles. The van der Waals surface area contributed by atoms with Gasteiger partial charge in [-0.15, -0.1) is 0 Å². The molecule has 0 aliphatic heterocycles. The fraction of sp³-hybridized carbons (Fsp3) is 0.525. The number of carbonyl (C=O) groups excluding carboxylic acids is 4. The molecule has 6 atom stereocenters. The molecule has 0 amide bonds. The van der Waals surface area contributed by atoms with Crippen LogP contribution in [0, 0.1) is 17.8 Å². The Hall–Kier alpha value is -4.13. The molecule has 278 valence electrons. The first-order valence-electron chi connectivity index (χ1n) is 17.9. The molecule has 1 aromatic heterocycles. The zero-order valence-corrected chi connectivity index (χ0v) is 33.0. The van der Waals surface area contributed by atoms with Gasteiger partial charge in [0.05, 0.1) is 17.5 Å². The zero-order chi connectivity index (χ0) is 38.1. The average Bonchev–Trinajstić information content (AvgIpc) is 3.46. The highest BCUT2D eigenvalue weighted by atomic mass is 28.4. The molecule has 0 saturated heterocycles. The maximum absolute atomic E-state index is 15.6. The normalized spacial score (nSPS) is 25.9. The Morgan fingerprint density at radius 3 is 2.27 bits per heavy atom. The number of rotatable bonds is 7. The fourth-order valence-electron chi connectivity index (χ4n) is 7.88. The molecular formula is C40H50N2O9Si. The summed E-state index contributed by atoms with van der Waals surface area (Å²) in [4.78, 5) is 60.6. The molecule has 6 rings (SSSR count). The standard InChI is InChI=1S/C40H50N2O9Si/c1-22-24-18-15-19-27(48-37(46)49-38(2,3)4)28(24)32(43)29-25(22)20-26-31(42(8)9)33-30(36(41-50-33)47-21-23-16-13-12-14-17-23)35(45)40(26,34(29)44)51-52(10,11)39(5,6)7/h12-19,22,25-26,29,31H,20-21H2,1-11H3/t22-,25+,26-,29?,31-,40-/m0/s1. The molecule has 1 fully saturated rings. The number of fused-ring (bicyclic) bond motifs is 4. The maximum Gasteiger partial charge on any atom is 0.514 e. The van der Waals surface area contributed by atoms with Gasteiger partial charge in [0.1, 0.15) is 23.5 Å². The number of benzene rings is 2. The monoisotopic (exact) mass is 730 g/mol. The summed E-state index contributed by atoms with van der Waals surface area (Å²) in [6, 6.07) is 13.9. The minimum Gasteiger partial charge on any atom is -0.470 e. The largest absolute Gasteiger partial charge is 0.514 e. The van der Waals surface area contributed by atoms with Gasteiger partial charge in [0, 0.05) is 5.92 Å². The SMILES string of the molecule is C[C@H]1c2cccc(OC(=O)OC(C)(C)C)c2C(=O)C2C(=O)[C@]3(O[Si](C)(C)C(C)(C)C)C(=O)c4c(OCc5ccccc5)noc4[C@@H](N(C)C)[C@@H]3C[C@@H]21. The van der Waals surface area contributed by atoms with Crippen LogP contribution >= 0.6 is 0 Å². The average molecular weight is 731 g/mol. The Labute approximate surface area is 306 Å². The molecule has 12 heteroatoms. The number of ketones is 3. The summed E-state index contributed by atoms with van der Waals surface area (Å²) < 4.78 is 30.3. The summed E-state index contributed by atoms with van der Waals surface area (Å²) in [5.41, 5.74) is -1.15. The van der Waals surface area contributed by atoms with Gasteiger partial charge >= 0.3 is 6.16 Å². The van der Waals surface area contributed by atoms with Crippen LogP contribution in [0.3, 0.4) is 0 Å². The molecule has 0 radical (unpaired) electrons. The summed E-state index contributed by atoms with van der Waals surface area (Å²) in [6.07, 6.45) is -0.653. The highest BCUT2D eigenvalue weighted by molar-refractivity contribution is 6.74. The first kappa shape index (κ1) is 37.6. The molecule has 1 saturated carbocycles. The van der Waals surface area contributed by atoms with Gasteiger partial charge in [-0.05, 0) is 93.6 Å². The van der Waals surface area contributed by atoms with Gasteiger partial charge < -0.3 is 23.2 Å². The molecule has 0 bridgehead atoms. The van der Waals surface area contributed by atoms with Crippen LogP contribution in [-0.4, -0.2) is 67.2 Å². The number of hydrogen-bond donors (Lipinski definition) is 0. The quantitative estimate of drug-likeness (QED) is 0.101. The van der Waals surface area contributed by atoms with Gasteiger partial charge in [-0.3, -0.25) is 19.3 Å². The van der Waals surface area contributed by atoms with E-state index in [9.17, 15) is 9.59 Å².